The van der Waals surface area contributed by atoms with E-state index >= 15 is 0 Å². The van der Waals surface area contributed by atoms with Crippen LogP contribution in [-0.2, 0) is 19.9 Å². The fourth-order valence-electron chi connectivity index (χ4n) is 0.593. The molecule has 0 radical (unpaired) electrons. The summed E-state index contributed by atoms with van der Waals surface area (Å²) in [6.07, 6.45) is 4.08. The standard InChI is InChI=1S/C5H12.C3H4F3O2S.C2F3N2O2S/c1-3-5-4-2;1-2-9(7,8)3(4,5)6;3-2(4,5)10(8,9)7-1-6/h3-5H2,1-2H3;2H,1H3;/q;2*-1. The van der Waals surface area contributed by atoms with Crippen LogP contribution >= 0.6 is 0 Å². The smallest absolute Gasteiger partial charge is 0.422 e. The third kappa shape index (κ3) is 12.3. The molecule has 0 spiro atoms. The van der Waals surface area contributed by atoms with E-state index in [-0.39, 0.29) is 5.75 Å². The van der Waals surface area contributed by atoms with Gasteiger partial charge in [-0.1, -0.05) is 33.1 Å². The summed E-state index contributed by atoms with van der Waals surface area (Å²) in [5.74, 6) is 0.118. The molecule has 0 saturated heterocycles. The average Bonchev–Trinajstić information content (AvgIpc) is 2.38. The second-order valence-corrected chi connectivity index (χ2v) is 7.31. The molecule has 0 fully saturated rings. The van der Waals surface area contributed by atoms with Crippen molar-refractivity contribution >= 4 is 25.9 Å². The maximum atomic E-state index is 11.2. The number of rotatable bonds is 4. The van der Waals surface area contributed by atoms with E-state index in [0.29, 0.717) is 6.01 Å². The first-order valence-electron chi connectivity index (χ1n) is 6.07. The molecule has 0 aliphatic heterocycles. The first-order valence-corrected chi connectivity index (χ1v) is 9.05. The van der Waals surface area contributed by atoms with Gasteiger partial charge in [0.05, 0.1) is 0 Å². The van der Waals surface area contributed by atoms with Gasteiger partial charge >= 0.3 is 11.0 Å². The molecule has 0 bridgehead atoms. The van der Waals surface area contributed by atoms with Crippen LogP contribution in [-0.4, -0.2) is 33.9 Å². The molecule has 146 valence electrons. The molecular weight excluding hydrogens is 390 g/mol. The van der Waals surface area contributed by atoms with Crippen molar-refractivity contribution in [3.8, 4) is 0 Å². The number of nitrogens with zero attached hydrogens (tertiary/aromatic N) is 2. The first-order chi connectivity index (χ1) is 10.5. The Kier molecular flexibility index (Phi) is 13.2. The van der Waals surface area contributed by atoms with Gasteiger partial charge in [-0.05, 0) is 0 Å². The lowest BCUT2D eigenvalue weighted by Crippen LogP contribution is -2.21. The van der Waals surface area contributed by atoms with Crippen molar-refractivity contribution in [1.82, 2.24) is 0 Å². The topological polar surface area (TPSA) is 103 Å². The minimum Gasteiger partial charge on any atom is -0.422 e. The Balaban J connectivity index is -0.000000291. The van der Waals surface area contributed by atoms with Gasteiger partial charge in [0.15, 0.2) is 0 Å². The lowest BCUT2D eigenvalue weighted by atomic mass is 10.3. The number of hydrogen-bond donors (Lipinski definition) is 0. The van der Waals surface area contributed by atoms with E-state index < -0.39 is 30.9 Å². The Morgan fingerprint density at radius 3 is 1.38 bits per heavy atom. The van der Waals surface area contributed by atoms with E-state index in [1.807, 2.05) is 0 Å². The highest BCUT2D eigenvalue weighted by molar-refractivity contribution is 7.94. The summed E-state index contributed by atoms with van der Waals surface area (Å²) in [7, 11) is -10.5. The second kappa shape index (κ2) is 11.4. The van der Waals surface area contributed by atoms with Crippen LogP contribution in [0.4, 0.5) is 26.3 Å². The molecule has 0 heterocycles. The number of unbranched alkanes of at least 4 members (excludes halogenated alkanes) is 2. The minimum absolute atomic E-state index is 0.118. The van der Waals surface area contributed by atoms with Crippen LogP contribution < -0.4 is 0 Å². The van der Waals surface area contributed by atoms with Crippen LogP contribution in [0.2, 0.25) is 0 Å². The molecule has 0 saturated carbocycles. The molecule has 0 unspecified atom stereocenters. The fourth-order valence-corrected chi connectivity index (χ4v) is 1.07. The zero-order valence-electron chi connectivity index (χ0n) is 12.8. The highest BCUT2D eigenvalue weighted by atomic mass is 32.2. The van der Waals surface area contributed by atoms with E-state index in [9.17, 15) is 43.2 Å². The normalized spacial score (nSPS) is 12.0. The number of sulfonamides is 1. The van der Waals surface area contributed by atoms with Crippen LogP contribution in [0.1, 0.15) is 40.0 Å². The molecule has 0 atom stereocenters. The number of halogens is 6. The molecule has 0 amide bonds. The molecule has 0 aromatic rings. The van der Waals surface area contributed by atoms with Gasteiger partial charge in [-0.15, -0.1) is 6.01 Å². The summed E-state index contributed by atoms with van der Waals surface area (Å²) in [6.45, 7) is 5.25. The zero-order valence-corrected chi connectivity index (χ0v) is 14.4. The number of sulfone groups is 1. The minimum atomic E-state index is -5.58. The summed E-state index contributed by atoms with van der Waals surface area (Å²) in [4.78, 5) is 0. The van der Waals surface area contributed by atoms with Crippen LogP contribution in [0.5, 0.6) is 0 Å². The molecule has 0 rings (SSSR count). The van der Waals surface area contributed by atoms with Gasteiger partial charge < -0.3 is 9.81 Å². The SMILES string of the molecule is CCCCC.C[CH-]S(=O)(=O)C(F)(F)F.[N-]=C=NS(=O)(=O)C(F)(F)F. The molecule has 0 aromatic heterocycles. The lowest BCUT2D eigenvalue weighted by Gasteiger charge is -2.11. The Labute approximate surface area is 136 Å². The lowest BCUT2D eigenvalue weighted by molar-refractivity contribution is -0.0438. The van der Waals surface area contributed by atoms with Gasteiger partial charge in [0.25, 0.3) is 10.0 Å². The molecule has 0 N–H and O–H groups in total. The van der Waals surface area contributed by atoms with Crippen molar-refractivity contribution in [3.05, 3.63) is 11.2 Å². The van der Waals surface area contributed by atoms with Gasteiger partial charge in [-0.3, -0.25) is 8.42 Å². The second-order valence-electron chi connectivity index (χ2n) is 3.69. The summed E-state index contributed by atoms with van der Waals surface area (Å²) in [5, 5.41) is 7.47. The van der Waals surface area contributed by atoms with E-state index in [1.165, 1.54) is 19.3 Å². The van der Waals surface area contributed by atoms with Crippen LogP contribution in [0, 0.1) is 5.75 Å². The molecule has 0 aliphatic carbocycles. The molecule has 14 heteroatoms. The molecule has 0 aliphatic rings. The summed E-state index contributed by atoms with van der Waals surface area (Å²) in [5.41, 5.74) is -10.6. The van der Waals surface area contributed by atoms with E-state index in [4.69, 9.17) is 5.41 Å². The Hall–Kier alpha value is -1.14. The number of alkyl halides is 6. The summed E-state index contributed by atoms with van der Waals surface area (Å²) < 4.78 is 108. The first kappa shape index (κ1) is 27.7. The van der Waals surface area contributed by atoms with Crippen molar-refractivity contribution in [2.45, 2.75) is 51.1 Å². The largest absolute Gasteiger partial charge is 0.500 e. The Bertz CT molecular complexity index is 588. The van der Waals surface area contributed by atoms with Crippen LogP contribution in [0.3, 0.4) is 0 Å². The fraction of sp³-hybridized carbons (Fsp3) is 0.800. The molecule has 24 heavy (non-hydrogen) atoms. The summed E-state index contributed by atoms with van der Waals surface area (Å²) >= 11 is 0. The number of hydrogen-bond acceptors (Lipinski definition) is 4. The maximum Gasteiger partial charge on any atom is 0.500 e. The van der Waals surface area contributed by atoms with E-state index in [0.717, 1.165) is 6.92 Å². The molecule has 6 nitrogen and oxygen atoms in total. The van der Waals surface area contributed by atoms with E-state index in [1.54, 1.807) is 4.40 Å². The predicted molar refractivity (Wildman–Crippen MR) is 75.9 cm³/mol. The zero-order chi connectivity index (χ0) is 20.2. The maximum absolute atomic E-state index is 11.2. The average molecular weight is 406 g/mol. The van der Waals surface area contributed by atoms with E-state index in [2.05, 4.69) is 13.8 Å². The van der Waals surface area contributed by atoms with Crippen LogP contribution in [0.15, 0.2) is 4.40 Å². The predicted octanol–water partition coefficient (Wildman–Crippen LogP) is 3.88. The van der Waals surface area contributed by atoms with Crippen molar-refractivity contribution in [2.75, 3.05) is 0 Å². The quantitative estimate of drug-likeness (QED) is 0.401. The van der Waals surface area contributed by atoms with Gasteiger partial charge in [0, 0.05) is 0 Å². The molecular formula is C10H16F6N2O4S2-2. The van der Waals surface area contributed by atoms with Gasteiger partial charge in [0.2, 0.25) is 0 Å². The summed E-state index contributed by atoms with van der Waals surface area (Å²) in [6, 6.07) is 0.532. The van der Waals surface area contributed by atoms with Gasteiger partial charge in [-0.25, -0.2) is 14.2 Å². The monoisotopic (exact) mass is 406 g/mol. The van der Waals surface area contributed by atoms with Crippen molar-refractivity contribution in [2.24, 2.45) is 4.40 Å². The Morgan fingerprint density at radius 1 is 0.958 bits per heavy atom. The Morgan fingerprint density at radius 2 is 1.33 bits per heavy atom. The van der Waals surface area contributed by atoms with Gasteiger partial charge in [0.1, 0.15) is 9.84 Å². The van der Waals surface area contributed by atoms with Gasteiger partial charge in [-0.2, -0.15) is 33.3 Å². The third-order valence-electron chi connectivity index (χ3n) is 1.79. The molecule has 0 aromatic carbocycles. The van der Waals surface area contributed by atoms with Crippen LogP contribution in [0.25, 0.3) is 5.41 Å². The van der Waals surface area contributed by atoms with Crippen molar-refractivity contribution in [3.63, 3.8) is 0 Å². The highest BCUT2D eigenvalue weighted by Gasteiger charge is 2.41. The van der Waals surface area contributed by atoms with Crippen molar-refractivity contribution in [1.29, 1.82) is 0 Å². The third-order valence-corrected chi connectivity index (χ3v) is 3.97. The highest BCUT2D eigenvalue weighted by Crippen LogP contribution is 2.25. The van der Waals surface area contributed by atoms with Crippen molar-refractivity contribution < 1.29 is 43.2 Å².